The summed E-state index contributed by atoms with van der Waals surface area (Å²) >= 11 is 0. The molecule has 1 atom stereocenters. The zero-order chi connectivity index (χ0) is 14.7. The molecule has 1 N–H and O–H groups in total. The van der Waals surface area contributed by atoms with E-state index in [1.54, 1.807) is 0 Å². The summed E-state index contributed by atoms with van der Waals surface area (Å²) in [5.41, 5.74) is 0.910. The highest BCUT2D eigenvalue weighted by molar-refractivity contribution is 5.03. The largest absolute Gasteiger partial charge is 0.367 e. The second-order valence-corrected chi connectivity index (χ2v) is 5.42. The Balaban J connectivity index is 1.61. The average Bonchev–Trinajstić information content (AvgIpc) is 3.09. The summed E-state index contributed by atoms with van der Waals surface area (Å²) in [6.07, 6.45) is 1.89. The van der Waals surface area contributed by atoms with Gasteiger partial charge in [0.1, 0.15) is 11.9 Å². The zero-order valence-corrected chi connectivity index (χ0v) is 12.5. The second kappa shape index (κ2) is 6.36. The highest BCUT2D eigenvalue weighted by Crippen LogP contribution is 2.21. The quantitative estimate of drug-likeness (QED) is 0.902. The summed E-state index contributed by atoms with van der Waals surface area (Å²) in [6, 6.07) is 1.97. The van der Waals surface area contributed by atoms with E-state index >= 15 is 0 Å². The SMILES string of the molecule is CCCc1nc(C2CN(Cc3cc(C)no3)CCO2)n[nH]1. The molecule has 114 valence electrons. The van der Waals surface area contributed by atoms with Crippen molar-refractivity contribution in [2.24, 2.45) is 0 Å². The van der Waals surface area contributed by atoms with Crippen LogP contribution < -0.4 is 0 Å². The third-order valence-electron chi connectivity index (χ3n) is 3.53. The summed E-state index contributed by atoms with van der Waals surface area (Å²) in [5.74, 6) is 2.56. The van der Waals surface area contributed by atoms with Crippen LogP contribution in [0.1, 0.15) is 42.6 Å². The number of rotatable bonds is 5. The van der Waals surface area contributed by atoms with Crippen LogP contribution in [0.25, 0.3) is 0 Å². The number of ether oxygens (including phenoxy) is 1. The van der Waals surface area contributed by atoms with E-state index in [2.05, 4.69) is 32.2 Å². The van der Waals surface area contributed by atoms with E-state index in [1.165, 1.54) is 0 Å². The molecule has 1 aliphatic rings. The number of aryl methyl sites for hydroxylation is 2. The standard InChI is InChI=1S/C14H21N5O2/c1-3-4-13-15-14(17-16-13)12-9-19(5-6-20-12)8-11-7-10(2)18-21-11/h7,12H,3-6,8-9H2,1-2H3,(H,15,16,17). The topological polar surface area (TPSA) is 80.1 Å². The first-order valence-corrected chi connectivity index (χ1v) is 7.42. The molecule has 1 saturated heterocycles. The number of nitrogens with one attached hydrogen (secondary N) is 1. The van der Waals surface area contributed by atoms with Crippen molar-refractivity contribution in [1.29, 1.82) is 0 Å². The lowest BCUT2D eigenvalue weighted by Crippen LogP contribution is -2.38. The highest BCUT2D eigenvalue weighted by atomic mass is 16.5. The van der Waals surface area contributed by atoms with Crippen LogP contribution >= 0.6 is 0 Å². The normalized spacial score (nSPS) is 20.0. The van der Waals surface area contributed by atoms with Gasteiger partial charge in [-0.1, -0.05) is 12.1 Å². The number of morpholine rings is 1. The van der Waals surface area contributed by atoms with Gasteiger partial charge in [-0.25, -0.2) is 4.98 Å². The van der Waals surface area contributed by atoms with Gasteiger partial charge in [0.05, 0.1) is 18.8 Å². The van der Waals surface area contributed by atoms with Crippen molar-refractivity contribution in [3.05, 3.63) is 29.2 Å². The summed E-state index contributed by atoms with van der Waals surface area (Å²) in [7, 11) is 0. The van der Waals surface area contributed by atoms with E-state index in [0.29, 0.717) is 6.61 Å². The Morgan fingerprint density at radius 2 is 2.38 bits per heavy atom. The van der Waals surface area contributed by atoms with Gasteiger partial charge in [-0.3, -0.25) is 10.00 Å². The van der Waals surface area contributed by atoms with Crippen LogP contribution in [0.2, 0.25) is 0 Å². The maximum atomic E-state index is 5.80. The Bertz CT molecular complexity index is 579. The first kappa shape index (κ1) is 14.2. The van der Waals surface area contributed by atoms with Gasteiger partial charge in [0.25, 0.3) is 0 Å². The van der Waals surface area contributed by atoms with Gasteiger partial charge in [0, 0.05) is 25.6 Å². The van der Waals surface area contributed by atoms with Crippen LogP contribution in [0.15, 0.2) is 10.6 Å². The van der Waals surface area contributed by atoms with Crippen LogP contribution in [-0.4, -0.2) is 44.9 Å². The molecule has 3 heterocycles. The first-order chi connectivity index (χ1) is 10.2. The molecule has 0 saturated carbocycles. The minimum atomic E-state index is -0.0791. The molecule has 7 nitrogen and oxygen atoms in total. The molecule has 3 rings (SSSR count). The smallest absolute Gasteiger partial charge is 0.180 e. The fraction of sp³-hybridized carbons (Fsp3) is 0.643. The van der Waals surface area contributed by atoms with Crippen molar-refractivity contribution < 1.29 is 9.26 Å². The lowest BCUT2D eigenvalue weighted by atomic mass is 10.2. The maximum absolute atomic E-state index is 5.80. The third-order valence-corrected chi connectivity index (χ3v) is 3.53. The van der Waals surface area contributed by atoms with E-state index < -0.39 is 0 Å². The molecule has 1 aliphatic heterocycles. The molecule has 0 bridgehead atoms. The molecule has 0 radical (unpaired) electrons. The summed E-state index contributed by atoms with van der Waals surface area (Å²) in [6.45, 7) is 7.12. The highest BCUT2D eigenvalue weighted by Gasteiger charge is 2.26. The van der Waals surface area contributed by atoms with Gasteiger partial charge < -0.3 is 9.26 Å². The van der Waals surface area contributed by atoms with Gasteiger partial charge in [-0.2, -0.15) is 5.10 Å². The molecule has 0 aliphatic carbocycles. The number of aromatic nitrogens is 4. The molecule has 0 aromatic carbocycles. The fourth-order valence-corrected chi connectivity index (χ4v) is 2.52. The number of aromatic amines is 1. The van der Waals surface area contributed by atoms with Crippen molar-refractivity contribution in [2.45, 2.75) is 39.3 Å². The number of hydrogen-bond acceptors (Lipinski definition) is 6. The third kappa shape index (κ3) is 3.48. The molecule has 2 aromatic rings. The van der Waals surface area contributed by atoms with Crippen LogP contribution in [0, 0.1) is 6.92 Å². The Kier molecular flexibility index (Phi) is 4.31. The van der Waals surface area contributed by atoms with Gasteiger partial charge in [0.15, 0.2) is 11.6 Å². The molecular formula is C14H21N5O2. The lowest BCUT2D eigenvalue weighted by Gasteiger charge is -2.30. The van der Waals surface area contributed by atoms with E-state index in [1.807, 2.05) is 13.0 Å². The monoisotopic (exact) mass is 291 g/mol. The predicted molar refractivity (Wildman–Crippen MR) is 75.6 cm³/mol. The van der Waals surface area contributed by atoms with Crippen LogP contribution in [0.4, 0.5) is 0 Å². The number of nitrogens with zero attached hydrogens (tertiary/aromatic N) is 4. The van der Waals surface area contributed by atoms with Crippen molar-refractivity contribution in [2.75, 3.05) is 19.7 Å². The molecule has 1 fully saturated rings. The van der Waals surface area contributed by atoms with Crippen molar-refractivity contribution in [3.8, 4) is 0 Å². The van der Waals surface area contributed by atoms with E-state index in [0.717, 1.165) is 55.6 Å². The Labute approximate surface area is 123 Å². The molecule has 0 amide bonds. The van der Waals surface area contributed by atoms with Gasteiger partial charge in [0.2, 0.25) is 0 Å². The van der Waals surface area contributed by atoms with Gasteiger partial charge >= 0.3 is 0 Å². The van der Waals surface area contributed by atoms with Crippen LogP contribution in [0.5, 0.6) is 0 Å². The molecular weight excluding hydrogens is 270 g/mol. The number of H-pyrrole nitrogens is 1. The van der Waals surface area contributed by atoms with Crippen molar-refractivity contribution >= 4 is 0 Å². The van der Waals surface area contributed by atoms with Crippen LogP contribution in [0.3, 0.4) is 0 Å². The number of hydrogen-bond donors (Lipinski definition) is 1. The van der Waals surface area contributed by atoms with Crippen molar-refractivity contribution in [3.63, 3.8) is 0 Å². The minimum Gasteiger partial charge on any atom is -0.367 e. The lowest BCUT2D eigenvalue weighted by molar-refractivity contribution is -0.0391. The Morgan fingerprint density at radius 1 is 1.48 bits per heavy atom. The van der Waals surface area contributed by atoms with Gasteiger partial charge in [-0.05, 0) is 13.3 Å². The summed E-state index contributed by atoms with van der Waals surface area (Å²) in [5, 5.41) is 11.2. The molecule has 0 spiro atoms. The summed E-state index contributed by atoms with van der Waals surface area (Å²) in [4.78, 5) is 6.80. The molecule has 7 heteroatoms. The van der Waals surface area contributed by atoms with E-state index in [9.17, 15) is 0 Å². The average molecular weight is 291 g/mol. The molecule has 2 aromatic heterocycles. The predicted octanol–water partition coefficient (Wildman–Crippen LogP) is 1.63. The minimum absolute atomic E-state index is 0.0791. The van der Waals surface area contributed by atoms with Gasteiger partial charge in [-0.15, -0.1) is 0 Å². The Morgan fingerprint density at radius 3 is 3.14 bits per heavy atom. The Hall–Kier alpha value is -1.73. The first-order valence-electron chi connectivity index (χ1n) is 7.42. The molecule has 21 heavy (non-hydrogen) atoms. The fourth-order valence-electron chi connectivity index (χ4n) is 2.52. The maximum Gasteiger partial charge on any atom is 0.180 e. The zero-order valence-electron chi connectivity index (χ0n) is 12.5. The summed E-state index contributed by atoms with van der Waals surface area (Å²) < 4.78 is 11.1. The van der Waals surface area contributed by atoms with Crippen molar-refractivity contribution in [1.82, 2.24) is 25.2 Å². The molecule has 1 unspecified atom stereocenters. The second-order valence-electron chi connectivity index (χ2n) is 5.42. The van der Waals surface area contributed by atoms with E-state index in [4.69, 9.17) is 9.26 Å². The van der Waals surface area contributed by atoms with E-state index in [-0.39, 0.29) is 6.10 Å². The van der Waals surface area contributed by atoms with Crippen LogP contribution in [-0.2, 0) is 17.7 Å².